The van der Waals surface area contributed by atoms with E-state index in [1.165, 1.54) is 5.57 Å². The molecule has 0 unspecified atom stereocenters. The third kappa shape index (κ3) is 3.95. The van der Waals surface area contributed by atoms with Crippen LogP contribution in [-0.2, 0) is 6.61 Å². The molecule has 0 saturated heterocycles. The van der Waals surface area contributed by atoms with Gasteiger partial charge >= 0.3 is 0 Å². The van der Waals surface area contributed by atoms with E-state index in [9.17, 15) is 0 Å². The summed E-state index contributed by atoms with van der Waals surface area (Å²) in [7, 11) is 1.59. The zero-order chi connectivity index (χ0) is 12.0. The summed E-state index contributed by atoms with van der Waals surface area (Å²) in [6.45, 7) is 4.55. The van der Waals surface area contributed by atoms with Crippen LogP contribution in [-0.4, -0.2) is 18.8 Å². The van der Waals surface area contributed by atoms with E-state index in [1.54, 1.807) is 25.3 Å². The van der Waals surface area contributed by atoms with Crippen molar-refractivity contribution in [1.29, 1.82) is 0 Å². The third-order valence-electron chi connectivity index (χ3n) is 2.10. The number of hydrogen-bond donors (Lipinski definition) is 1. The molecule has 0 bridgehead atoms. The molecule has 1 aromatic carbocycles. The molecule has 3 nitrogen and oxygen atoms in total. The Labute approximate surface area is 96.3 Å². The van der Waals surface area contributed by atoms with Crippen molar-refractivity contribution < 1.29 is 14.6 Å². The van der Waals surface area contributed by atoms with Crippen molar-refractivity contribution in [2.75, 3.05) is 13.7 Å². The molecule has 0 aromatic heterocycles. The highest BCUT2D eigenvalue weighted by molar-refractivity contribution is 5.38. The molecule has 1 N–H and O–H groups in total. The predicted octanol–water partition coefficient (Wildman–Crippen LogP) is 2.53. The molecule has 16 heavy (non-hydrogen) atoms. The lowest BCUT2D eigenvalue weighted by atomic mass is 10.2. The molecule has 0 aliphatic carbocycles. The molecule has 3 heteroatoms. The maximum atomic E-state index is 9.07. The van der Waals surface area contributed by atoms with Crippen LogP contribution in [0.15, 0.2) is 29.8 Å². The highest BCUT2D eigenvalue weighted by Gasteiger charge is 2.01. The van der Waals surface area contributed by atoms with E-state index in [4.69, 9.17) is 14.6 Å². The Balaban J connectivity index is 2.75. The second kappa shape index (κ2) is 6.18. The topological polar surface area (TPSA) is 38.7 Å². The number of allylic oxidation sites excluding steroid dienone is 1. The lowest BCUT2D eigenvalue weighted by Gasteiger charge is -2.08. The summed E-state index contributed by atoms with van der Waals surface area (Å²) < 4.78 is 10.7. The minimum Gasteiger partial charge on any atom is -0.497 e. The molecule has 1 rings (SSSR count). The summed E-state index contributed by atoms with van der Waals surface area (Å²) in [6, 6.07) is 5.40. The first-order valence-electron chi connectivity index (χ1n) is 5.20. The number of hydrogen-bond acceptors (Lipinski definition) is 3. The molecule has 0 aliphatic rings. The fraction of sp³-hybridized carbons (Fsp3) is 0.385. The first kappa shape index (κ1) is 12.6. The van der Waals surface area contributed by atoms with Crippen LogP contribution in [0.5, 0.6) is 11.5 Å². The summed E-state index contributed by atoms with van der Waals surface area (Å²) in [5.41, 5.74) is 2.00. The van der Waals surface area contributed by atoms with Crippen LogP contribution in [0.3, 0.4) is 0 Å². The van der Waals surface area contributed by atoms with Gasteiger partial charge in [0.1, 0.15) is 18.1 Å². The molecule has 0 radical (unpaired) electrons. The van der Waals surface area contributed by atoms with Gasteiger partial charge in [-0.05, 0) is 37.6 Å². The number of aliphatic hydroxyl groups excluding tert-OH is 1. The quantitative estimate of drug-likeness (QED) is 0.778. The molecule has 1 aromatic rings. The fourth-order valence-electron chi connectivity index (χ4n) is 1.23. The van der Waals surface area contributed by atoms with E-state index in [2.05, 4.69) is 0 Å². The van der Waals surface area contributed by atoms with E-state index in [-0.39, 0.29) is 6.61 Å². The Hall–Kier alpha value is -1.48. The molecule has 0 heterocycles. The Morgan fingerprint density at radius 3 is 2.50 bits per heavy atom. The second-order valence-corrected chi connectivity index (χ2v) is 3.77. The minimum absolute atomic E-state index is 0.0177. The van der Waals surface area contributed by atoms with Gasteiger partial charge in [0, 0.05) is 6.07 Å². The van der Waals surface area contributed by atoms with Crippen LogP contribution >= 0.6 is 0 Å². The van der Waals surface area contributed by atoms with Crippen molar-refractivity contribution in [3.8, 4) is 11.5 Å². The van der Waals surface area contributed by atoms with Crippen molar-refractivity contribution in [2.45, 2.75) is 20.5 Å². The summed E-state index contributed by atoms with van der Waals surface area (Å²) in [6.07, 6.45) is 2.00. The summed E-state index contributed by atoms with van der Waals surface area (Å²) >= 11 is 0. The molecule has 0 spiro atoms. The monoisotopic (exact) mass is 222 g/mol. The number of methoxy groups -OCH3 is 1. The molecule has 88 valence electrons. The van der Waals surface area contributed by atoms with Crippen LogP contribution in [0.4, 0.5) is 0 Å². The summed E-state index contributed by atoms with van der Waals surface area (Å²) in [5.74, 6) is 1.40. The Bertz CT molecular complexity index is 343. The van der Waals surface area contributed by atoms with Gasteiger partial charge in [0.05, 0.1) is 13.7 Å². The third-order valence-corrected chi connectivity index (χ3v) is 2.10. The molecule has 0 atom stereocenters. The van der Waals surface area contributed by atoms with Gasteiger partial charge in [-0.15, -0.1) is 0 Å². The lowest BCUT2D eigenvalue weighted by Crippen LogP contribution is -1.96. The van der Waals surface area contributed by atoms with Gasteiger partial charge in [0.2, 0.25) is 0 Å². The number of benzene rings is 1. The second-order valence-electron chi connectivity index (χ2n) is 3.77. The van der Waals surface area contributed by atoms with Crippen molar-refractivity contribution >= 4 is 0 Å². The van der Waals surface area contributed by atoms with Gasteiger partial charge in [-0.1, -0.05) is 5.57 Å². The maximum Gasteiger partial charge on any atom is 0.123 e. The number of aliphatic hydroxyl groups is 1. The van der Waals surface area contributed by atoms with Crippen molar-refractivity contribution in [2.24, 2.45) is 0 Å². The minimum atomic E-state index is -0.0177. The van der Waals surface area contributed by atoms with Crippen molar-refractivity contribution in [1.82, 2.24) is 0 Å². The highest BCUT2D eigenvalue weighted by Crippen LogP contribution is 2.22. The fourth-order valence-corrected chi connectivity index (χ4v) is 1.23. The van der Waals surface area contributed by atoms with Gasteiger partial charge < -0.3 is 14.6 Å². The Morgan fingerprint density at radius 2 is 1.94 bits per heavy atom. The zero-order valence-corrected chi connectivity index (χ0v) is 9.99. The van der Waals surface area contributed by atoms with Gasteiger partial charge in [0.15, 0.2) is 0 Å². The Morgan fingerprint density at radius 1 is 1.25 bits per heavy atom. The van der Waals surface area contributed by atoms with E-state index >= 15 is 0 Å². The lowest BCUT2D eigenvalue weighted by molar-refractivity contribution is 0.279. The number of rotatable bonds is 5. The smallest absolute Gasteiger partial charge is 0.123 e. The van der Waals surface area contributed by atoms with Crippen LogP contribution in [0, 0.1) is 0 Å². The van der Waals surface area contributed by atoms with Crippen LogP contribution < -0.4 is 9.47 Å². The normalized spacial score (nSPS) is 9.75. The highest BCUT2D eigenvalue weighted by atomic mass is 16.5. The summed E-state index contributed by atoms with van der Waals surface area (Å²) in [5, 5.41) is 9.07. The van der Waals surface area contributed by atoms with E-state index in [0.717, 1.165) is 5.56 Å². The first-order valence-corrected chi connectivity index (χ1v) is 5.20. The average Bonchev–Trinajstić information content (AvgIpc) is 2.28. The SMILES string of the molecule is COc1cc(CO)cc(OCC=C(C)C)c1. The number of ether oxygens (including phenoxy) is 2. The molecule has 0 amide bonds. The van der Waals surface area contributed by atoms with E-state index in [0.29, 0.717) is 18.1 Å². The van der Waals surface area contributed by atoms with Crippen molar-refractivity contribution in [3.05, 3.63) is 35.4 Å². The van der Waals surface area contributed by atoms with E-state index in [1.807, 2.05) is 19.9 Å². The standard InChI is InChI=1S/C13H18O3/c1-10(2)4-5-16-13-7-11(9-14)6-12(8-13)15-3/h4,6-8,14H,5,9H2,1-3H3. The van der Waals surface area contributed by atoms with Gasteiger partial charge in [0.25, 0.3) is 0 Å². The van der Waals surface area contributed by atoms with Crippen LogP contribution in [0.25, 0.3) is 0 Å². The predicted molar refractivity (Wildman–Crippen MR) is 63.8 cm³/mol. The molecule has 0 saturated carbocycles. The molecular weight excluding hydrogens is 204 g/mol. The molecule has 0 aliphatic heterocycles. The molecular formula is C13H18O3. The van der Waals surface area contributed by atoms with Gasteiger partial charge in [-0.3, -0.25) is 0 Å². The van der Waals surface area contributed by atoms with Crippen molar-refractivity contribution in [3.63, 3.8) is 0 Å². The largest absolute Gasteiger partial charge is 0.497 e. The van der Waals surface area contributed by atoms with Gasteiger partial charge in [-0.25, -0.2) is 0 Å². The zero-order valence-electron chi connectivity index (χ0n) is 9.99. The summed E-state index contributed by atoms with van der Waals surface area (Å²) in [4.78, 5) is 0. The molecule has 0 fully saturated rings. The maximum absolute atomic E-state index is 9.07. The van der Waals surface area contributed by atoms with Gasteiger partial charge in [-0.2, -0.15) is 0 Å². The Kier molecular flexibility index (Phi) is 4.86. The van der Waals surface area contributed by atoms with Crippen LogP contribution in [0.1, 0.15) is 19.4 Å². The average molecular weight is 222 g/mol. The van der Waals surface area contributed by atoms with E-state index < -0.39 is 0 Å². The van der Waals surface area contributed by atoms with Crippen LogP contribution in [0.2, 0.25) is 0 Å². The first-order chi connectivity index (χ1) is 7.65.